The third-order valence-electron chi connectivity index (χ3n) is 6.16. The van der Waals surface area contributed by atoms with Crippen molar-refractivity contribution < 1.29 is 24.2 Å². The number of benzene rings is 2. The quantitative estimate of drug-likeness (QED) is 0.530. The molecular formula is C26H32N2O5. The predicted molar refractivity (Wildman–Crippen MR) is 126 cm³/mol. The summed E-state index contributed by atoms with van der Waals surface area (Å²) in [5, 5.41) is 14.6. The number of carbonyl (C=O) groups excluding carboxylic acids is 2. The summed E-state index contributed by atoms with van der Waals surface area (Å²) in [5.74, 6) is -1.35. The van der Waals surface area contributed by atoms with Crippen molar-refractivity contribution >= 4 is 18.0 Å². The zero-order valence-electron chi connectivity index (χ0n) is 19.6. The molecule has 0 radical (unpaired) electrons. The number of hydrogen-bond acceptors (Lipinski definition) is 4. The Morgan fingerprint density at radius 3 is 2.06 bits per heavy atom. The van der Waals surface area contributed by atoms with Crippen molar-refractivity contribution in [2.75, 3.05) is 13.2 Å². The number of carbonyl (C=O) groups is 3. The molecule has 0 fully saturated rings. The summed E-state index contributed by atoms with van der Waals surface area (Å²) < 4.78 is 5.59. The highest BCUT2D eigenvalue weighted by atomic mass is 16.5. The number of carboxylic acid groups (broad SMARTS) is 1. The molecular weight excluding hydrogens is 420 g/mol. The number of amides is 2. The molecule has 176 valence electrons. The molecule has 0 heterocycles. The van der Waals surface area contributed by atoms with E-state index in [2.05, 4.69) is 34.9 Å². The number of rotatable bonds is 9. The Bertz CT molecular complexity index is 985. The van der Waals surface area contributed by atoms with Gasteiger partial charge >= 0.3 is 12.1 Å². The van der Waals surface area contributed by atoms with Crippen LogP contribution in [0.15, 0.2) is 48.5 Å². The number of fused-ring (bicyclic) bond motifs is 3. The number of carboxylic acids is 1. The largest absolute Gasteiger partial charge is 0.481 e. The Hall–Kier alpha value is -3.35. The molecule has 33 heavy (non-hydrogen) atoms. The van der Waals surface area contributed by atoms with Gasteiger partial charge < -0.3 is 20.5 Å². The Morgan fingerprint density at radius 1 is 1.00 bits per heavy atom. The van der Waals surface area contributed by atoms with E-state index in [4.69, 9.17) is 4.74 Å². The second kappa shape index (κ2) is 10.1. The molecule has 3 rings (SSSR count). The molecule has 7 nitrogen and oxygen atoms in total. The van der Waals surface area contributed by atoms with E-state index in [9.17, 15) is 19.5 Å². The molecule has 0 saturated heterocycles. The zero-order chi connectivity index (χ0) is 24.2. The van der Waals surface area contributed by atoms with Gasteiger partial charge in [0.1, 0.15) is 6.61 Å². The van der Waals surface area contributed by atoms with Crippen LogP contribution < -0.4 is 10.6 Å². The maximum absolute atomic E-state index is 12.6. The number of aliphatic carboxylic acids is 1. The number of nitrogens with one attached hydrogen (secondary N) is 2. The Morgan fingerprint density at radius 2 is 1.55 bits per heavy atom. The van der Waals surface area contributed by atoms with Crippen LogP contribution in [0.2, 0.25) is 0 Å². The van der Waals surface area contributed by atoms with E-state index in [-0.39, 0.29) is 37.3 Å². The van der Waals surface area contributed by atoms with Crippen LogP contribution in [-0.4, -0.2) is 42.3 Å². The minimum Gasteiger partial charge on any atom is -0.481 e. The molecule has 0 aromatic heterocycles. The fraction of sp³-hybridized carbons (Fsp3) is 0.423. The number of hydrogen-bond donors (Lipinski definition) is 3. The number of ether oxygens (including phenoxy) is 1. The van der Waals surface area contributed by atoms with E-state index in [1.165, 1.54) is 0 Å². The average molecular weight is 453 g/mol. The van der Waals surface area contributed by atoms with E-state index >= 15 is 0 Å². The molecule has 1 aliphatic rings. The number of alkyl carbamates (subject to hydrolysis) is 1. The lowest BCUT2D eigenvalue weighted by atomic mass is 9.93. The first-order valence-electron chi connectivity index (χ1n) is 11.2. The van der Waals surface area contributed by atoms with Gasteiger partial charge in [0.15, 0.2) is 0 Å². The van der Waals surface area contributed by atoms with Crippen LogP contribution in [-0.2, 0) is 14.3 Å². The van der Waals surface area contributed by atoms with Gasteiger partial charge in [-0.2, -0.15) is 0 Å². The molecule has 0 aliphatic heterocycles. The monoisotopic (exact) mass is 452 g/mol. The first-order chi connectivity index (χ1) is 15.6. The molecule has 0 spiro atoms. The molecule has 2 aromatic carbocycles. The summed E-state index contributed by atoms with van der Waals surface area (Å²) >= 11 is 0. The lowest BCUT2D eigenvalue weighted by Crippen LogP contribution is -2.45. The van der Waals surface area contributed by atoms with E-state index in [0.717, 1.165) is 22.3 Å². The molecule has 2 amide bonds. The summed E-state index contributed by atoms with van der Waals surface area (Å²) in [6, 6.07) is 15.8. The SMILES string of the molecule is CC(C)C(CC(=O)NCC(C)(C)C(=O)O)NC(=O)OCC1c2ccccc2-c2ccccc21. The van der Waals surface area contributed by atoms with Crippen LogP contribution in [0.5, 0.6) is 0 Å². The van der Waals surface area contributed by atoms with Gasteiger partial charge in [0, 0.05) is 24.9 Å². The van der Waals surface area contributed by atoms with Crippen molar-refractivity contribution in [3.05, 3.63) is 59.7 Å². The van der Waals surface area contributed by atoms with Gasteiger partial charge in [0.05, 0.1) is 5.41 Å². The third-order valence-corrected chi connectivity index (χ3v) is 6.16. The molecule has 1 unspecified atom stereocenters. The highest BCUT2D eigenvalue weighted by molar-refractivity contribution is 5.80. The van der Waals surface area contributed by atoms with Crippen molar-refractivity contribution in [3.8, 4) is 11.1 Å². The fourth-order valence-corrected chi connectivity index (χ4v) is 3.91. The molecule has 7 heteroatoms. The van der Waals surface area contributed by atoms with Gasteiger partial charge in [-0.3, -0.25) is 9.59 Å². The summed E-state index contributed by atoms with van der Waals surface area (Å²) in [6.45, 7) is 7.11. The highest BCUT2D eigenvalue weighted by Crippen LogP contribution is 2.44. The predicted octanol–water partition coefficient (Wildman–Crippen LogP) is 4.17. The molecule has 1 aliphatic carbocycles. The van der Waals surface area contributed by atoms with Gasteiger partial charge in [-0.1, -0.05) is 62.4 Å². The normalized spacial score (nSPS) is 13.7. The minimum absolute atomic E-state index is 0.0104. The molecule has 3 N–H and O–H groups in total. The smallest absolute Gasteiger partial charge is 0.407 e. The Balaban J connectivity index is 1.58. The third kappa shape index (κ3) is 5.72. The summed E-state index contributed by atoms with van der Waals surface area (Å²) in [7, 11) is 0. The van der Waals surface area contributed by atoms with Crippen LogP contribution in [0.3, 0.4) is 0 Å². The van der Waals surface area contributed by atoms with Crippen molar-refractivity contribution in [3.63, 3.8) is 0 Å². The standard InChI is InChI=1S/C26H32N2O5/c1-16(2)22(13-23(29)27-15-26(3,4)24(30)31)28-25(32)33-14-21-19-11-7-5-9-17(19)18-10-6-8-12-20(18)21/h5-12,16,21-22H,13-15H2,1-4H3,(H,27,29)(H,28,32)(H,30,31). The van der Waals surface area contributed by atoms with Gasteiger partial charge in [0.25, 0.3) is 0 Å². The summed E-state index contributed by atoms with van der Waals surface area (Å²) in [5.41, 5.74) is 3.51. The minimum atomic E-state index is -1.07. The molecule has 1 atom stereocenters. The second-order valence-electron chi connectivity index (χ2n) is 9.49. The van der Waals surface area contributed by atoms with Gasteiger partial charge in [-0.15, -0.1) is 0 Å². The van der Waals surface area contributed by atoms with Crippen molar-refractivity contribution in [1.82, 2.24) is 10.6 Å². The van der Waals surface area contributed by atoms with Crippen molar-refractivity contribution in [1.29, 1.82) is 0 Å². The molecule has 0 bridgehead atoms. The first-order valence-corrected chi connectivity index (χ1v) is 11.2. The van der Waals surface area contributed by atoms with Crippen LogP contribution in [0, 0.1) is 11.3 Å². The summed E-state index contributed by atoms with van der Waals surface area (Å²) in [4.78, 5) is 36.2. The highest BCUT2D eigenvalue weighted by Gasteiger charge is 2.30. The van der Waals surface area contributed by atoms with Gasteiger partial charge in [-0.05, 0) is 42.0 Å². The van der Waals surface area contributed by atoms with Gasteiger partial charge in [-0.25, -0.2) is 4.79 Å². The average Bonchev–Trinajstić information content (AvgIpc) is 3.09. The molecule has 2 aromatic rings. The Kier molecular flexibility index (Phi) is 7.41. The Labute approximate surface area is 194 Å². The second-order valence-corrected chi connectivity index (χ2v) is 9.49. The maximum Gasteiger partial charge on any atom is 0.407 e. The fourth-order valence-electron chi connectivity index (χ4n) is 3.91. The van der Waals surface area contributed by atoms with Crippen molar-refractivity contribution in [2.45, 2.75) is 46.1 Å². The topological polar surface area (TPSA) is 105 Å². The van der Waals surface area contributed by atoms with Crippen LogP contribution in [0.1, 0.15) is 51.2 Å². The van der Waals surface area contributed by atoms with Crippen LogP contribution in [0.25, 0.3) is 11.1 Å². The van der Waals surface area contributed by atoms with E-state index < -0.39 is 23.5 Å². The lowest BCUT2D eigenvalue weighted by molar-refractivity contribution is -0.146. The molecule has 0 saturated carbocycles. The zero-order valence-corrected chi connectivity index (χ0v) is 19.6. The van der Waals surface area contributed by atoms with E-state index in [0.29, 0.717) is 0 Å². The van der Waals surface area contributed by atoms with E-state index in [1.807, 2.05) is 38.1 Å². The van der Waals surface area contributed by atoms with Crippen LogP contribution in [0.4, 0.5) is 4.79 Å². The maximum atomic E-state index is 12.6. The first kappa shape index (κ1) is 24.3. The lowest BCUT2D eigenvalue weighted by Gasteiger charge is -2.24. The van der Waals surface area contributed by atoms with Crippen molar-refractivity contribution in [2.24, 2.45) is 11.3 Å². The van der Waals surface area contributed by atoms with Crippen LogP contribution >= 0.6 is 0 Å². The summed E-state index contributed by atoms with van der Waals surface area (Å²) in [6.07, 6.45) is -0.536. The van der Waals surface area contributed by atoms with E-state index in [1.54, 1.807) is 13.8 Å². The van der Waals surface area contributed by atoms with Gasteiger partial charge in [0.2, 0.25) is 5.91 Å².